The van der Waals surface area contributed by atoms with E-state index in [9.17, 15) is 4.79 Å². The van der Waals surface area contributed by atoms with Crippen molar-refractivity contribution in [2.75, 3.05) is 20.8 Å². The fourth-order valence-corrected chi connectivity index (χ4v) is 6.10. The van der Waals surface area contributed by atoms with Gasteiger partial charge in [0.05, 0.1) is 6.61 Å². The molecule has 0 aromatic rings. The molecule has 0 N–H and O–H groups in total. The van der Waals surface area contributed by atoms with Crippen molar-refractivity contribution < 1.29 is 18.4 Å². The van der Waals surface area contributed by atoms with Gasteiger partial charge < -0.3 is 13.6 Å². The van der Waals surface area contributed by atoms with Gasteiger partial charge in [0.1, 0.15) is 0 Å². The third kappa shape index (κ3) is 13.5. The van der Waals surface area contributed by atoms with Gasteiger partial charge in [-0.05, 0) is 18.5 Å². The highest BCUT2D eigenvalue weighted by Gasteiger charge is 2.33. The van der Waals surface area contributed by atoms with E-state index in [1.807, 2.05) is 14.2 Å². The third-order valence-electron chi connectivity index (χ3n) is 4.99. The fraction of sp³-hybridized carbons (Fsp3) is 0.857. The molecule has 0 saturated carbocycles. The Balaban J connectivity index is 3.36. The summed E-state index contributed by atoms with van der Waals surface area (Å²) in [5.41, 5.74) is 0. The summed E-state index contributed by atoms with van der Waals surface area (Å²) < 4.78 is 16.4. The van der Waals surface area contributed by atoms with Crippen molar-refractivity contribution in [3.63, 3.8) is 0 Å². The Hall–Kier alpha value is -0.653. The highest BCUT2D eigenvalue weighted by molar-refractivity contribution is 6.67. The number of hydrogen-bond donors (Lipinski definition) is 0. The summed E-state index contributed by atoms with van der Waals surface area (Å²) in [6.45, 7) is 6.12. The maximum atomic E-state index is 10.9. The second kappa shape index (κ2) is 17.7. The van der Waals surface area contributed by atoms with Gasteiger partial charge in [-0.15, -0.1) is 0 Å². The Morgan fingerprint density at radius 3 is 1.69 bits per heavy atom. The van der Waals surface area contributed by atoms with Crippen LogP contribution in [0.2, 0.25) is 12.1 Å². The summed E-state index contributed by atoms with van der Waals surface area (Å²) in [5.74, 6) is -0.312. The molecule has 0 saturated heterocycles. The van der Waals surface area contributed by atoms with Gasteiger partial charge >= 0.3 is 14.5 Å². The zero-order valence-corrected chi connectivity index (χ0v) is 18.5. The molecule has 0 radical (unpaired) electrons. The maximum Gasteiger partial charge on any atom is 0.337 e. The summed E-state index contributed by atoms with van der Waals surface area (Å²) in [6, 6.07) is 2.24. The predicted molar refractivity (Wildman–Crippen MR) is 112 cm³/mol. The van der Waals surface area contributed by atoms with Crippen LogP contribution in [-0.4, -0.2) is 35.4 Å². The molecule has 0 aromatic carbocycles. The largest absolute Gasteiger partial charge is 0.463 e. The first-order valence-electron chi connectivity index (χ1n) is 10.5. The van der Waals surface area contributed by atoms with Gasteiger partial charge in [0.2, 0.25) is 0 Å². The van der Waals surface area contributed by atoms with Crippen LogP contribution in [-0.2, 0) is 18.4 Å². The minimum absolute atomic E-state index is 0.312. The van der Waals surface area contributed by atoms with Crippen molar-refractivity contribution in [1.29, 1.82) is 0 Å². The van der Waals surface area contributed by atoms with Crippen LogP contribution in [0, 0.1) is 0 Å². The molecule has 0 heterocycles. The topological polar surface area (TPSA) is 44.8 Å². The second-order valence-electron chi connectivity index (χ2n) is 7.08. The highest BCUT2D eigenvalue weighted by Crippen LogP contribution is 2.23. The van der Waals surface area contributed by atoms with Crippen molar-refractivity contribution in [3.05, 3.63) is 12.7 Å². The van der Waals surface area contributed by atoms with Crippen molar-refractivity contribution in [2.45, 2.75) is 96.1 Å². The molecule has 0 amide bonds. The van der Waals surface area contributed by atoms with Crippen molar-refractivity contribution in [3.8, 4) is 0 Å². The van der Waals surface area contributed by atoms with E-state index in [2.05, 4.69) is 13.5 Å². The Bertz CT molecular complexity index is 343. The van der Waals surface area contributed by atoms with Gasteiger partial charge in [-0.3, -0.25) is 0 Å². The summed E-state index contributed by atoms with van der Waals surface area (Å²) in [6.07, 6.45) is 16.2. The molecule has 0 aliphatic rings. The molecule has 0 atom stereocenters. The monoisotopic (exact) mass is 386 g/mol. The van der Waals surface area contributed by atoms with Gasteiger partial charge in [-0.25, -0.2) is 4.79 Å². The zero-order valence-electron chi connectivity index (χ0n) is 17.5. The van der Waals surface area contributed by atoms with Crippen LogP contribution in [0.1, 0.15) is 84.0 Å². The molecule has 0 aliphatic carbocycles. The first-order valence-corrected chi connectivity index (χ1v) is 12.8. The molecular formula is C21H42O4Si. The molecule has 5 heteroatoms. The van der Waals surface area contributed by atoms with Crippen LogP contribution < -0.4 is 0 Å². The lowest BCUT2D eigenvalue weighted by molar-refractivity contribution is -0.137. The van der Waals surface area contributed by atoms with Crippen molar-refractivity contribution in [1.82, 2.24) is 0 Å². The molecule has 154 valence electrons. The quantitative estimate of drug-likeness (QED) is 0.116. The third-order valence-corrected chi connectivity index (χ3v) is 8.85. The molecule has 0 fully saturated rings. The van der Waals surface area contributed by atoms with E-state index in [1.54, 1.807) is 0 Å². The second-order valence-corrected chi connectivity index (χ2v) is 10.7. The lowest BCUT2D eigenvalue weighted by Gasteiger charge is -2.27. The molecule has 0 unspecified atom stereocenters. The standard InChI is InChI=1S/C21H42O4Si/c1-5-19-26(23-3,24-4)20-17-15-13-11-9-7-8-10-12-14-16-18-25-21(22)6-2/h6H,2,5,7-20H2,1,3-4H3. The fourth-order valence-electron chi connectivity index (χ4n) is 3.32. The first-order chi connectivity index (χ1) is 12.6. The first kappa shape index (κ1) is 25.3. The van der Waals surface area contributed by atoms with E-state index in [0.717, 1.165) is 31.4 Å². The predicted octanol–water partition coefficient (Wildman–Crippen LogP) is 6.15. The van der Waals surface area contributed by atoms with Crippen molar-refractivity contribution >= 4 is 14.5 Å². The zero-order chi connectivity index (χ0) is 19.5. The molecule has 4 nitrogen and oxygen atoms in total. The summed E-state index contributed by atoms with van der Waals surface area (Å²) in [4.78, 5) is 10.9. The Labute approximate surface area is 162 Å². The van der Waals surface area contributed by atoms with Crippen molar-refractivity contribution in [2.24, 2.45) is 0 Å². The van der Waals surface area contributed by atoms with Gasteiger partial charge in [0.15, 0.2) is 0 Å². The van der Waals surface area contributed by atoms with Gasteiger partial charge in [-0.2, -0.15) is 0 Å². The van der Waals surface area contributed by atoms with Crippen LogP contribution in [0.5, 0.6) is 0 Å². The van der Waals surface area contributed by atoms with Crippen LogP contribution >= 0.6 is 0 Å². The lowest BCUT2D eigenvalue weighted by atomic mass is 10.1. The number of ether oxygens (including phenoxy) is 1. The minimum Gasteiger partial charge on any atom is -0.463 e. The van der Waals surface area contributed by atoms with Crippen LogP contribution in [0.3, 0.4) is 0 Å². The van der Waals surface area contributed by atoms with Crippen LogP contribution in [0.4, 0.5) is 0 Å². The van der Waals surface area contributed by atoms with Crippen LogP contribution in [0.25, 0.3) is 0 Å². The average molecular weight is 387 g/mol. The van der Waals surface area contributed by atoms with Crippen LogP contribution in [0.15, 0.2) is 12.7 Å². The van der Waals surface area contributed by atoms with E-state index in [4.69, 9.17) is 13.6 Å². The summed E-state index contributed by atoms with van der Waals surface area (Å²) in [7, 11) is 1.75. The maximum absolute atomic E-state index is 10.9. The summed E-state index contributed by atoms with van der Waals surface area (Å²) >= 11 is 0. The molecular weight excluding hydrogens is 344 g/mol. The number of esters is 1. The normalized spacial score (nSPS) is 11.5. The number of carbonyl (C=O) groups is 1. The summed E-state index contributed by atoms with van der Waals surface area (Å²) in [5, 5.41) is 0. The molecule has 0 aliphatic heterocycles. The Morgan fingerprint density at radius 2 is 1.27 bits per heavy atom. The van der Waals surface area contributed by atoms with E-state index in [0.29, 0.717) is 6.61 Å². The van der Waals surface area contributed by atoms with Gasteiger partial charge in [-0.1, -0.05) is 84.1 Å². The number of unbranched alkanes of at least 4 members (excludes halogenated alkanes) is 10. The Morgan fingerprint density at radius 1 is 0.808 bits per heavy atom. The molecule has 0 rings (SSSR count). The van der Waals surface area contributed by atoms with Gasteiger partial charge in [0.25, 0.3) is 0 Å². The molecule has 26 heavy (non-hydrogen) atoms. The minimum atomic E-state index is -1.88. The van der Waals surface area contributed by atoms with Gasteiger partial charge in [0, 0.05) is 20.3 Å². The van der Waals surface area contributed by atoms with E-state index >= 15 is 0 Å². The lowest BCUT2D eigenvalue weighted by Crippen LogP contribution is -2.39. The van der Waals surface area contributed by atoms with E-state index in [1.165, 1.54) is 63.9 Å². The smallest absolute Gasteiger partial charge is 0.337 e. The molecule has 0 aromatic heterocycles. The number of carbonyl (C=O) groups excluding carboxylic acids is 1. The Kier molecular flexibility index (Phi) is 17.3. The highest BCUT2D eigenvalue weighted by atomic mass is 28.4. The number of rotatable bonds is 19. The molecule has 0 bridgehead atoms. The molecule has 0 spiro atoms. The average Bonchev–Trinajstić information content (AvgIpc) is 2.67. The SMILES string of the molecule is C=CC(=O)OCCCCCCCCCCCCC[Si](CCC)(OC)OC. The number of hydrogen-bond acceptors (Lipinski definition) is 4. The van der Waals surface area contributed by atoms with E-state index in [-0.39, 0.29) is 5.97 Å². The van der Waals surface area contributed by atoms with E-state index < -0.39 is 8.56 Å².